The van der Waals surface area contributed by atoms with Gasteiger partial charge in [0.05, 0.1) is 11.6 Å². The van der Waals surface area contributed by atoms with Crippen LogP contribution in [-0.4, -0.2) is 0 Å². The maximum Gasteiger partial charge on any atom is 0.128 e. The van der Waals surface area contributed by atoms with Crippen molar-refractivity contribution in [3.8, 4) is 6.07 Å². The Morgan fingerprint density at radius 2 is 2.23 bits per heavy atom. The molecule has 66 valence electrons. The first kappa shape index (κ1) is 8.25. The molecule has 1 fully saturated rings. The molecular weight excluding hydrogens is 165 g/mol. The summed E-state index contributed by atoms with van der Waals surface area (Å²) in [5.74, 6) is 0.753. The van der Waals surface area contributed by atoms with Gasteiger partial charge in [0.1, 0.15) is 5.82 Å². The molecule has 1 aliphatic carbocycles. The Morgan fingerprint density at radius 3 is 2.69 bits per heavy atom. The van der Waals surface area contributed by atoms with Crippen LogP contribution in [0.2, 0.25) is 0 Å². The van der Waals surface area contributed by atoms with Gasteiger partial charge in [-0.3, -0.25) is 0 Å². The largest absolute Gasteiger partial charge is 0.207 e. The van der Waals surface area contributed by atoms with Gasteiger partial charge in [-0.15, -0.1) is 0 Å². The first-order chi connectivity index (χ1) is 6.22. The van der Waals surface area contributed by atoms with Gasteiger partial charge in [0, 0.05) is 0 Å². The van der Waals surface area contributed by atoms with E-state index in [1.54, 1.807) is 12.1 Å². The number of benzene rings is 1. The van der Waals surface area contributed by atoms with Gasteiger partial charge in [-0.25, -0.2) is 4.39 Å². The summed E-state index contributed by atoms with van der Waals surface area (Å²) in [5, 5.41) is 8.54. The zero-order chi connectivity index (χ0) is 9.42. The lowest BCUT2D eigenvalue weighted by atomic mass is 10.1. The van der Waals surface area contributed by atoms with Crippen molar-refractivity contribution in [3.05, 3.63) is 35.1 Å². The smallest absolute Gasteiger partial charge is 0.128 e. The van der Waals surface area contributed by atoms with Crippen LogP contribution in [0.5, 0.6) is 0 Å². The van der Waals surface area contributed by atoms with Crippen LogP contribution in [0.1, 0.15) is 30.4 Å². The molecule has 1 aliphatic rings. The third-order valence-corrected chi connectivity index (χ3v) is 2.64. The van der Waals surface area contributed by atoms with Crippen molar-refractivity contribution in [2.75, 3.05) is 0 Å². The number of hydrogen-bond acceptors (Lipinski definition) is 1. The highest BCUT2D eigenvalue weighted by Crippen LogP contribution is 2.47. The van der Waals surface area contributed by atoms with Crippen LogP contribution in [0.25, 0.3) is 0 Å². The summed E-state index contributed by atoms with van der Waals surface area (Å²) in [6.07, 6.45) is 1.07. The van der Waals surface area contributed by atoms with Gasteiger partial charge < -0.3 is 0 Å². The van der Waals surface area contributed by atoms with Crippen molar-refractivity contribution < 1.29 is 4.39 Å². The molecule has 1 aromatic rings. The van der Waals surface area contributed by atoms with Crippen molar-refractivity contribution >= 4 is 0 Å². The molecule has 2 rings (SSSR count). The second-order valence-electron chi connectivity index (χ2n) is 3.67. The van der Waals surface area contributed by atoms with Crippen LogP contribution in [0.4, 0.5) is 4.39 Å². The molecule has 2 atom stereocenters. The average molecular weight is 175 g/mol. The lowest BCUT2D eigenvalue weighted by Gasteiger charge is -2.00. The molecule has 1 nitrogen and oxygen atoms in total. The lowest BCUT2D eigenvalue weighted by Crippen LogP contribution is -1.89. The summed E-state index contributed by atoms with van der Waals surface area (Å²) >= 11 is 0. The summed E-state index contributed by atoms with van der Waals surface area (Å²) in [4.78, 5) is 0. The van der Waals surface area contributed by atoms with E-state index in [9.17, 15) is 4.39 Å². The standard InChI is InChI=1S/C11H10FN/c1-7-4-10(7)9-3-2-8(6-13)5-11(9)12/h2-3,5,7,10H,4H2,1H3/t7-,10-/m0/s1. The number of hydrogen-bond donors (Lipinski definition) is 0. The Morgan fingerprint density at radius 1 is 1.54 bits per heavy atom. The average Bonchev–Trinajstić information content (AvgIpc) is 2.82. The summed E-state index contributed by atoms with van der Waals surface area (Å²) in [6.45, 7) is 2.11. The van der Waals surface area contributed by atoms with Crippen LogP contribution in [0, 0.1) is 23.1 Å². The number of nitrogens with zero attached hydrogens (tertiary/aromatic N) is 1. The highest BCUT2D eigenvalue weighted by atomic mass is 19.1. The van der Waals surface area contributed by atoms with Crippen molar-refractivity contribution in [3.63, 3.8) is 0 Å². The van der Waals surface area contributed by atoms with Crippen molar-refractivity contribution in [1.29, 1.82) is 5.26 Å². The van der Waals surface area contributed by atoms with E-state index in [2.05, 4.69) is 6.92 Å². The fourth-order valence-electron chi connectivity index (χ4n) is 1.65. The molecule has 0 amide bonds. The topological polar surface area (TPSA) is 23.8 Å². The number of rotatable bonds is 1. The molecule has 1 saturated carbocycles. The maximum absolute atomic E-state index is 13.4. The fourth-order valence-corrected chi connectivity index (χ4v) is 1.65. The van der Waals surface area contributed by atoms with E-state index in [4.69, 9.17) is 5.26 Å². The van der Waals surface area contributed by atoms with Gasteiger partial charge >= 0.3 is 0 Å². The van der Waals surface area contributed by atoms with Gasteiger partial charge in [0.15, 0.2) is 0 Å². The quantitative estimate of drug-likeness (QED) is 0.643. The van der Waals surface area contributed by atoms with E-state index < -0.39 is 0 Å². The zero-order valence-electron chi connectivity index (χ0n) is 7.42. The molecule has 0 radical (unpaired) electrons. The second kappa shape index (κ2) is 2.85. The molecule has 0 spiro atoms. The minimum atomic E-state index is -0.228. The van der Waals surface area contributed by atoms with Crippen LogP contribution >= 0.6 is 0 Å². The molecule has 0 aromatic heterocycles. The van der Waals surface area contributed by atoms with E-state index in [1.165, 1.54) is 6.07 Å². The SMILES string of the molecule is C[C@H]1C[C@@H]1c1ccc(C#N)cc1F. The van der Waals surface area contributed by atoms with E-state index in [-0.39, 0.29) is 5.82 Å². The minimum Gasteiger partial charge on any atom is -0.207 e. The van der Waals surface area contributed by atoms with E-state index in [1.807, 2.05) is 6.07 Å². The Balaban J connectivity index is 2.34. The normalized spacial score (nSPS) is 25.3. The molecule has 0 N–H and O–H groups in total. The molecular formula is C11H10FN. The zero-order valence-corrected chi connectivity index (χ0v) is 7.42. The number of nitriles is 1. The highest BCUT2D eigenvalue weighted by Gasteiger charge is 2.35. The Hall–Kier alpha value is -1.36. The van der Waals surface area contributed by atoms with Crippen LogP contribution < -0.4 is 0 Å². The Kier molecular flexibility index (Phi) is 1.81. The van der Waals surface area contributed by atoms with Gasteiger partial charge in [0.2, 0.25) is 0 Å². The highest BCUT2D eigenvalue weighted by molar-refractivity contribution is 5.36. The Labute approximate surface area is 76.8 Å². The third-order valence-electron chi connectivity index (χ3n) is 2.64. The molecule has 0 aliphatic heterocycles. The molecule has 0 saturated heterocycles. The van der Waals surface area contributed by atoms with Crippen LogP contribution in [0.15, 0.2) is 18.2 Å². The fraction of sp³-hybridized carbons (Fsp3) is 0.364. The molecule has 0 unspecified atom stereocenters. The number of halogens is 1. The summed E-state index contributed by atoms with van der Waals surface area (Å²) in [6, 6.07) is 6.67. The first-order valence-electron chi connectivity index (χ1n) is 4.42. The molecule has 0 heterocycles. The first-order valence-corrected chi connectivity index (χ1v) is 4.42. The second-order valence-corrected chi connectivity index (χ2v) is 3.67. The Bertz CT molecular complexity index is 378. The molecule has 1 aromatic carbocycles. The van der Waals surface area contributed by atoms with Crippen molar-refractivity contribution in [2.24, 2.45) is 5.92 Å². The molecule has 2 heteroatoms. The maximum atomic E-state index is 13.4. The van der Waals surface area contributed by atoms with E-state index in [0.717, 1.165) is 12.0 Å². The molecule has 0 bridgehead atoms. The predicted molar refractivity (Wildman–Crippen MR) is 47.6 cm³/mol. The summed E-state index contributed by atoms with van der Waals surface area (Å²) < 4.78 is 13.4. The van der Waals surface area contributed by atoms with Crippen molar-refractivity contribution in [2.45, 2.75) is 19.3 Å². The third kappa shape index (κ3) is 1.42. The van der Waals surface area contributed by atoms with Gasteiger partial charge in [-0.1, -0.05) is 13.0 Å². The predicted octanol–water partition coefficient (Wildman–Crippen LogP) is 2.82. The van der Waals surface area contributed by atoms with E-state index in [0.29, 0.717) is 17.4 Å². The summed E-state index contributed by atoms with van der Waals surface area (Å²) in [5.41, 5.74) is 1.17. The van der Waals surface area contributed by atoms with Crippen LogP contribution in [0.3, 0.4) is 0 Å². The van der Waals surface area contributed by atoms with Gasteiger partial charge in [-0.05, 0) is 36.0 Å². The lowest BCUT2D eigenvalue weighted by molar-refractivity contribution is 0.607. The minimum absolute atomic E-state index is 0.228. The van der Waals surface area contributed by atoms with Crippen LogP contribution in [-0.2, 0) is 0 Å². The summed E-state index contributed by atoms with van der Waals surface area (Å²) in [7, 11) is 0. The van der Waals surface area contributed by atoms with E-state index >= 15 is 0 Å². The monoisotopic (exact) mass is 175 g/mol. The van der Waals surface area contributed by atoms with Gasteiger partial charge in [0.25, 0.3) is 0 Å². The van der Waals surface area contributed by atoms with Crippen molar-refractivity contribution in [1.82, 2.24) is 0 Å². The van der Waals surface area contributed by atoms with Gasteiger partial charge in [-0.2, -0.15) is 5.26 Å². The molecule has 13 heavy (non-hydrogen) atoms.